The van der Waals surface area contributed by atoms with Crippen molar-refractivity contribution in [3.63, 3.8) is 0 Å². The Morgan fingerprint density at radius 1 is 1.50 bits per heavy atom. The van der Waals surface area contributed by atoms with Gasteiger partial charge in [0.2, 0.25) is 0 Å². The first kappa shape index (κ1) is 14.7. The third kappa shape index (κ3) is 3.85. The molecular weight excluding hydrogens is 270 g/mol. The minimum absolute atomic E-state index is 0.0156. The van der Waals surface area contributed by atoms with E-state index >= 15 is 0 Å². The van der Waals surface area contributed by atoms with Crippen LogP contribution in [0.2, 0.25) is 5.02 Å². The minimum Gasteiger partial charge on any atom is -0.506 e. The molecule has 1 rings (SSSR count). The number of hydrazone groups is 1. The van der Waals surface area contributed by atoms with Crippen LogP contribution in [0.25, 0.3) is 0 Å². The van der Waals surface area contributed by atoms with E-state index in [0.717, 1.165) is 5.56 Å². The molecule has 0 aliphatic carbocycles. The van der Waals surface area contributed by atoms with Crippen LogP contribution in [-0.4, -0.2) is 16.4 Å². The summed E-state index contributed by atoms with van der Waals surface area (Å²) in [6.45, 7) is 6.18. The molecule has 0 spiro atoms. The van der Waals surface area contributed by atoms with Crippen molar-refractivity contribution in [2.24, 2.45) is 10.8 Å². The third-order valence-electron chi connectivity index (χ3n) is 2.34. The number of hydrogen-bond acceptors (Lipinski definition) is 3. The summed E-state index contributed by atoms with van der Waals surface area (Å²) in [5.41, 5.74) is 9.10. The van der Waals surface area contributed by atoms with Crippen LogP contribution in [0.5, 0.6) is 5.75 Å². The highest BCUT2D eigenvalue weighted by Gasteiger charge is 2.17. The zero-order chi connectivity index (χ0) is 13.9. The zero-order valence-electron chi connectivity index (χ0n) is 10.5. The van der Waals surface area contributed by atoms with Gasteiger partial charge in [0.15, 0.2) is 5.11 Å². The second-order valence-electron chi connectivity index (χ2n) is 4.88. The highest BCUT2D eigenvalue weighted by Crippen LogP contribution is 2.33. The molecule has 98 valence electrons. The minimum atomic E-state index is -0.0729. The largest absolute Gasteiger partial charge is 0.506 e. The molecule has 0 radical (unpaired) electrons. The molecule has 0 unspecified atom stereocenters. The molecule has 18 heavy (non-hydrogen) atoms. The lowest BCUT2D eigenvalue weighted by Gasteiger charge is -2.20. The standard InChI is InChI=1S/C12H16ClN3OS/c1-12(2,3)8-4-7(6-15-16-11(14)18)10(17)9(13)5-8/h4-6,17H,1-3H3,(H3,14,16,18). The van der Waals surface area contributed by atoms with E-state index in [4.69, 9.17) is 17.3 Å². The number of phenolic OH excluding ortho intramolecular Hbond substituents is 1. The number of nitrogens with zero attached hydrogens (tertiary/aromatic N) is 1. The van der Waals surface area contributed by atoms with E-state index in [2.05, 4.69) is 43.5 Å². The quantitative estimate of drug-likeness (QED) is 0.444. The Labute approximate surface area is 117 Å². The van der Waals surface area contributed by atoms with E-state index in [1.54, 1.807) is 6.07 Å². The molecule has 0 saturated carbocycles. The number of phenols is 1. The predicted molar refractivity (Wildman–Crippen MR) is 79.3 cm³/mol. The molecular formula is C12H16ClN3OS. The molecule has 4 nitrogen and oxygen atoms in total. The van der Waals surface area contributed by atoms with E-state index in [1.807, 2.05) is 6.07 Å². The fourth-order valence-electron chi connectivity index (χ4n) is 1.32. The SMILES string of the molecule is CC(C)(C)c1cc(Cl)c(O)c(C=NNC(N)=S)c1. The summed E-state index contributed by atoms with van der Waals surface area (Å²) in [5.74, 6) is -0.0156. The van der Waals surface area contributed by atoms with Gasteiger partial charge in [0.05, 0.1) is 11.2 Å². The summed E-state index contributed by atoms with van der Waals surface area (Å²) < 4.78 is 0. The molecule has 0 atom stereocenters. The number of thiocarbonyl (C=S) groups is 1. The van der Waals surface area contributed by atoms with Gasteiger partial charge in [0, 0.05) is 5.56 Å². The second kappa shape index (κ2) is 5.54. The Balaban J connectivity index is 3.15. The van der Waals surface area contributed by atoms with Crippen molar-refractivity contribution in [3.05, 3.63) is 28.3 Å². The number of aromatic hydroxyl groups is 1. The van der Waals surface area contributed by atoms with Gasteiger partial charge >= 0.3 is 0 Å². The molecule has 0 fully saturated rings. The van der Waals surface area contributed by atoms with Crippen LogP contribution < -0.4 is 11.2 Å². The molecule has 6 heteroatoms. The van der Waals surface area contributed by atoms with Crippen LogP contribution in [-0.2, 0) is 5.41 Å². The Bertz CT molecular complexity index is 495. The topological polar surface area (TPSA) is 70.6 Å². The van der Waals surface area contributed by atoms with Gasteiger partial charge in [-0.3, -0.25) is 5.43 Å². The van der Waals surface area contributed by atoms with E-state index in [9.17, 15) is 5.11 Å². The van der Waals surface area contributed by atoms with Crippen molar-refractivity contribution < 1.29 is 5.11 Å². The van der Waals surface area contributed by atoms with E-state index in [0.29, 0.717) is 10.6 Å². The van der Waals surface area contributed by atoms with Crippen LogP contribution in [0.4, 0.5) is 0 Å². The lowest BCUT2D eigenvalue weighted by Crippen LogP contribution is -2.24. The van der Waals surface area contributed by atoms with Gasteiger partial charge in [-0.1, -0.05) is 32.4 Å². The fraction of sp³-hybridized carbons (Fsp3) is 0.333. The number of nitrogens with two attached hydrogens (primary N) is 1. The van der Waals surface area contributed by atoms with Crippen molar-refractivity contribution in [1.82, 2.24) is 5.43 Å². The lowest BCUT2D eigenvalue weighted by atomic mass is 9.86. The first-order chi connectivity index (χ1) is 8.21. The maximum atomic E-state index is 9.84. The average Bonchev–Trinajstić information content (AvgIpc) is 2.22. The van der Waals surface area contributed by atoms with Gasteiger partial charge < -0.3 is 10.8 Å². The monoisotopic (exact) mass is 285 g/mol. The molecule has 0 saturated heterocycles. The Morgan fingerprint density at radius 3 is 2.61 bits per heavy atom. The van der Waals surface area contributed by atoms with Crippen molar-refractivity contribution in [2.45, 2.75) is 26.2 Å². The molecule has 0 heterocycles. The average molecular weight is 286 g/mol. The van der Waals surface area contributed by atoms with Crippen molar-refractivity contribution in [2.75, 3.05) is 0 Å². The van der Waals surface area contributed by atoms with Crippen molar-refractivity contribution in [3.8, 4) is 5.75 Å². The van der Waals surface area contributed by atoms with Gasteiger partial charge in [-0.2, -0.15) is 5.10 Å². The van der Waals surface area contributed by atoms with Crippen LogP contribution >= 0.6 is 23.8 Å². The van der Waals surface area contributed by atoms with Gasteiger partial charge in [-0.05, 0) is 35.3 Å². The molecule has 0 amide bonds. The molecule has 0 aliphatic rings. The molecule has 0 aliphatic heterocycles. The smallest absolute Gasteiger partial charge is 0.184 e. The number of rotatable bonds is 2. The second-order valence-corrected chi connectivity index (χ2v) is 5.73. The summed E-state index contributed by atoms with van der Waals surface area (Å²) in [6.07, 6.45) is 1.43. The number of halogens is 1. The van der Waals surface area contributed by atoms with Gasteiger partial charge in [-0.25, -0.2) is 0 Å². The van der Waals surface area contributed by atoms with Gasteiger partial charge in [0.1, 0.15) is 5.75 Å². The van der Waals surface area contributed by atoms with Crippen molar-refractivity contribution in [1.29, 1.82) is 0 Å². The Morgan fingerprint density at radius 2 is 2.11 bits per heavy atom. The van der Waals surface area contributed by atoms with Crippen LogP contribution in [0.15, 0.2) is 17.2 Å². The summed E-state index contributed by atoms with van der Waals surface area (Å²) in [5, 5.41) is 14.0. The molecule has 4 N–H and O–H groups in total. The highest BCUT2D eigenvalue weighted by atomic mass is 35.5. The summed E-state index contributed by atoms with van der Waals surface area (Å²) in [6, 6.07) is 3.57. The van der Waals surface area contributed by atoms with Crippen LogP contribution in [0, 0.1) is 0 Å². The lowest BCUT2D eigenvalue weighted by molar-refractivity contribution is 0.473. The first-order valence-electron chi connectivity index (χ1n) is 5.33. The van der Waals surface area contributed by atoms with E-state index < -0.39 is 0 Å². The summed E-state index contributed by atoms with van der Waals surface area (Å²) >= 11 is 10.6. The molecule has 1 aromatic carbocycles. The predicted octanol–water partition coefficient (Wildman–Crippen LogP) is 2.51. The maximum Gasteiger partial charge on any atom is 0.184 e. The zero-order valence-corrected chi connectivity index (χ0v) is 12.1. The van der Waals surface area contributed by atoms with Crippen molar-refractivity contribution >= 4 is 35.1 Å². The fourth-order valence-corrected chi connectivity index (χ4v) is 1.60. The summed E-state index contributed by atoms with van der Waals surface area (Å²) in [7, 11) is 0. The third-order valence-corrected chi connectivity index (χ3v) is 2.72. The number of hydrogen-bond donors (Lipinski definition) is 3. The van der Waals surface area contributed by atoms with Gasteiger partial charge in [0.25, 0.3) is 0 Å². The van der Waals surface area contributed by atoms with Crippen LogP contribution in [0.3, 0.4) is 0 Å². The van der Waals surface area contributed by atoms with Crippen LogP contribution in [0.1, 0.15) is 31.9 Å². The number of benzene rings is 1. The van der Waals surface area contributed by atoms with Gasteiger partial charge in [-0.15, -0.1) is 0 Å². The van der Waals surface area contributed by atoms with E-state index in [1.165, 1.54) is 6.21 Å². The Kier molecular flexibility index (Phi) is 4.53. The summed E-state index contributed by atoms with van der Waals surface area (Å²) in [4.78, 5) is 0. The highest BCUT2D eigenvalue weighted by molar-refractivity contribution is 7.80. The molecule has 0 aromatic heterocycles. The van der Waals surface area contributed by atoms with E-state index in [-0.39, 0.29) is 16.3 Å². The number of nitrogens with one attached hydrogen (secondary N) is 1. The molecule has 1 aromatic rings. The maximum absolute atomic E-state index is 9.84. The first-order valence-corrected chi connectivity index (χ1v) is 6.12. The Hall–Kier alpha value is -1.33. The molecule has 0 bridgehead atoms. The normalized spacial score (nSPS) is 11.8.